The van der Waals surface area contributed by atoms with Gasteiger partial charge in [0.15, 0.2) is 0 Å². The third kappa shape index (κ3) is 2.75. The minimum Gasteiger partial charge on any atom is -0.309 e. The first-order chi connectivity index (χ1) is 8.84. The zero-order chi connectivity index (χ0) is 12.4. The molecule has 2 saturated heterocycles. The Hall–Kier alpha value is -0.0800. The predicted molar refractivity (Wildman–Crippen MR) is 76.8 cm³/mol. The summed E-state index contributed by atoms with van der Waals surface area (Å²) < 4.78 is 0. The van der Waals surface area contributed by atoms with Crippen LogP contribution in [0.4, 0.5) is 0 Å². The maximum atomic E-state index is 4.07. The van der Waals surface area contributed by atoms with Gasteiger partial charge in [0, 0.05) is 24.7 Å². The van der Waals surface area contributed by atoms with E-state index in [1.807, 2.05) is 0 Å². The highest BCUT2D eigenvalue weighted by atomic mass is 15.2. The largest absolute Gasteiger partial charge is 0.309 e. The SMILES string of the molecule is CC1CCCCCC1NC1CCN2CCCCC12. The van der Waals surface area contributed by atoms with Crippen molar-refractivity contribution in [3.05, 3.63) is 0 Å². The lowest BCUT2D eigenvalue weighted by molar-refractivity contribution is 0.170. The van der Waals surface area contributed by atoms with Gasteiger partial charge in [-0.25, -0.2) is 0 Å². The van der Waals surface area contributed by atoms with E-state index in [2.05, 4.69) is 17.1 Å². The fraction of sp³-hybridized carbons (Fsp3) is 1.00. The molecule has 4 atom stereocenters. The Morgan fingerprint density at radius 1 is 0.778 bits per heavy atom. The molecule has 104 valence electrons. The van der Waals surface area contributed by atoms with Crippen molar-refractivity contribution in [3.8, 4) is 0 Å². The Balaban J connectivity index is 1.58. The number of piperidine rings is 1. The van der Waals surface area contributed by atoms with Crippen molar-refractivity contribution in [1.29, 1.82) is 0 Å². The molecule has 4 unspecified atom stereocenters. The summed E-state index contributed by atoms with van der Waals surface area (Å²) in [6, 6.07) is 2.48. The van der Waals surface area contributed by atoms with Gasteiger partial charge in [-0.1, -0.05) is 32.6 Å². The van der Waals surface area contributed by atoms with Gasteiger partial charge in [-0.05, 0) is 44.6 Å². The van der Waals surface area contributed by atoms with E-state index in [-0.39, 0.29) is 0 Å². The molecule has 0 spiro atoms. The monoisotopic (exact) mass is 250 g/mol. The van der Waals surface area contributed by atoms with Gasteiger partial charge in [0.2, 0.25) is 0 Å². The molecule has 3 fully saturated rings. The molecule has 18 heavy (non-hydrogen) atoms. The molecule has 0 aromatic rings. The molecular formula is C16H30N2. The molecule has 0 aromatic carbocycles. The van der Waals surface area contributed by atoms with E-state index in [1.54, 1.807) is 0 Å². The minimum absolute atomic E-state index is 0.802. The van der Waals surface area contributed by atoms with Crippen molar-refractivity contribution in [2.24, 2.45) is 5.92 Å². The van der Waals surface area contributed by atoms with Gasteiger partial charge < -0.3 is 5.32 Å². The van der Waals surface area contributed by atoms with Crippen LogP contribution in [0.5, 0.6) is 0 Å². The molecule has 2 heteroatoms. The van der Waals surface area contributed by atoms with Crippen molar-refractivity contribution >= 4 is 0 Å². The van der Waals surface area contributed by atoms with Crippen molar-refractivity contribution in [2.75, 3.05) is 13.1 Å². The van der Waals surface area contributed by atoms with Crippen LogP contribution in [-0.2, 0) is 0 Å². The number of hydrogen-bond donors (Lipinski definition) is 1. The zero-order valence-corrected chi connectivity index (χ0v) is 12.0. The first kappa shape index (κ1) is 12.9. The first-order valence-corrected chi connectivity index (χ1v) is 8.35. The zero-order valence-electron chi connectivity index (χ0n) is 12.0. The second-order valence-electron chi connectivity index (χ2n) is 6.88. The second kappa shape index (κ2) is 5.92. The lowest BCUT2D eigenvalue weighted by atomic mass is 9.93. The number of nitrogens with zero attached hydrogens (tertiary/aromatic N) is 1. The van der Waals surface area contributed by atoms with Crippen LogP contribution < -0.4 is 5.32 Å². The van der Waals surface area contributed by atoms with Gasteiger partial charge in [-0.2, -0.15) is 0 Å². The Labute approximate surface area is 113 Å². The van der Waals surface area contributed by atoms with Crippen molar-refractivity contribution in [2.45, 2.75) is 82.8 Å². The van der Waals surface area contributed by atoms with E-state index >= 15 is 0 Å². The maximum Gasteiger partial charge on any atom is 0.0249 e. The number of nitrogens with one attached hydrogen (secondary N) is 1. The summed E-state index contributed by atoms with van der Waals surface area (Å²) in [5.74, 6) is 0.894. The average Bonchev–Trinajstić information content (AvgIpc) is 2.69. The van der Waals surface area contributed by atoms with Gasteiger partial charge in [-0.3, -0.25) is 4.90 Å². The van der Waals surface area contributed by atoms with Crippen LogP contribution in [0.15, 0.2) is 0 Å². The third-order valence-electron chi connectivity index (χ3n) is 5.65. The minimum atomic E-state index is 0.802. The normalized spacial score (nSPS) is 42.5. The summed E-state index contributed by atoms with van der Waals surface area (Å²) in [5, 5.41) is 4.07. The summed E-state index contributed by atoms with van der Waals surface area (Å²) >= 11 is 0. The maximum absolute atomic E-state index is 4.07. The van der Waals surface area contributed by atoms with Crippen LogP contribution in [-0.4, -0.2) is 36.1 Å². The molecule has 2 heterocycles. The molecule has 0 bridgehead atoms. The molecule has 0 radical (unpaired) electrons. The first-order valence-electron chi connectivity index (χ1n) is 8.35. The van der Waals surface area contributed by atoms with Gasteiger partial charge >= 0.3 is 0 Å². The summed E-state index contributed by atoms with van der Waals surface area (Å²) in [6.07, 6.45) is 13.0. The molecule has 0 aromatic heterocycles. The quantitative estimate of drug-likeness (QED) is 0.757. The van der Waals surface area contributed by atoms with Crippen LogP contribution in [0, 0.1) is 5.92 Å². The summed E-state index contributed by atoms with van der Waals surface area (Å²) in [4.78, 5) is 2.75. The molecule has 3 aliphatic rings. The van der Waals surface area contributed by atoms with Crippen LogP contribution >= 0.6 is 0 Å². The lowest BCUT2D eigenvalue weighted by Crippen LogP contribution is -2.49. The smallest absolute Gasteiger partial charge is 0.0249 e. The van der Waals surface area contributed by atoms with E-state index in [1.165, 1.54) is 70.9 Å². The standard InChI is InChI=1S/C16H30N2/c1-13-7-3-2-4-8-14(13)17-15-10-12-18-11-6-5-9-16(15)18/h13-17H,2-12H2,1H3. The van der Waals surface area contributed by atoms with Gasteiger partial charge in [0.05, 0.1) is 0 Å². The topological polar surface area (TPSA) is 15.3 Å². The number of fused-ring (bicyclic) bond motifs is 1. The Kier molecular flexibility index (Phi) is 4.25. The molecule has 0 amide bonds. The third-order valence-corrected chi connectivity index (χ3v) is 5.65. The highest BCUT2D eigenvalue weighted by molar-refractivity contribution is 4.96. The highest BCUT2D eigenvalue weighted by Crippen LogP contribution is 2.30. The Bertz CT molecular complexity index is 266. The summed E-state index contributed by atoms with van der Waals surface area (Å²) in [6.45, 7) is 5.18. The molecule has 1 saturated carbocycles. The van der Waals surface area contributed by atoms with E-state index in [0.29, 0.717) is 0 Å². The van der Waals surface area contributed by atoms with Gasteiger partial charge in [-0.15, -0.1) is 0 Å². The van der Waals surface area contributed by atoms with Crippen LogP contribution in [0.3, 0.4) is 0 Å². The fourth-order valence-corrected chi connectivity index (χ4v) is 4.46. The lowest BCUT2D eigenvalue weighted by Gasteiger charge is -2.35. The summed E-state index contributed by atoms with van der Waals surface area (Å²) in [7, 11) is 0. The predicted octanol–water partition coefficient (Wildman–Crippen LogP) is 3.17. The number of rotatable bonds is 2. The summed E-state index contributed by atoms with van der Waals surface area (Å²) in [5.41, 5.74) is 0. The average molecular weight is 250 g/mol. The molecule has 2 nitrogen and oxygen atoms in total. The van der Waals surface area contributed by atoms with Crippen LogP contribution in [0.2, 0.25) is 0 Å². The molecule has 2 aliphatic heterocycles. The Morgan fingerprint density at radius 3 is 2.56 bits per heavy atom. The molecule has 1 aliphatic carbocycles. The highest BCUT2D eigenvalue weighted by Gasteiger charge is 2.36. The van der Waals surface area contributed by atoms with Gasteiger partial charge in [0.25, 0.3) is 0 Å². The second-order valence-corrected chi connectivity index (χ2v) is 6.88. The van der Waals surface area contributed by atoms with E-state index < -0.39 is 0 Å². The molecule has 1 N–H and O–H groups in total. The van der Waals surface area contributed by atoms with E-state index in [4.69, 9.17) is 0 Å². The Morgan fingerprint density at radius 2 is 1.61 bits per heavy atom. The van der Waals surface area contributed by atoms with Crippen molar-refractivity contribution in [3.63, 3.8) is 0 Å². The van der Waals surface area contributed by atoms with E-state index in [0.717, 1.165) is 24.0 Å². The van der Waals surface area contributed by atoms with E-state index in [9.17, 15) is 0 Å². The van der Waals surface area contributed by atoms with Crippen molar-refractivity contribution in [1.82, 2.24) is 10.2 Å². The van der Waals surface area contributed by atoms with Crippen LogP contribution in [0.1, 0.15) is 64.7 Å². The molecular weight excluding hydrogens is 220 g/mol. The number of hydrogen-bond acceptors (Lipinski definition) is 2. The van der Waals surface area contributed by atoms with Crippen molar-refractivity contribution < 1.29 is 0 Å². The fourth-order valence-electron chi connectivity index (χ4n) is 4.46. The van der Waals surface area contributed by atoms with Crippen LogP contribution in [0.25, 0.3) is 0 Å². The molecule has 3 rings (SSSR count). The van der Waals surface area contributed by atoms with Gasteiger partial charge in [0.1, 0.15) is 0 Å².